The molecule has 1 aromatic rings. The largest absolute Gasteiger partial charge is 0.383 e. The number of nitrogens with one attached hydrogen (secondary N) is 2. The SMILES string of the molecule is CCCNc1cnccc1C(=O)NC1CC1. The van der Waals surface area contributed by atoms with Gasteiger partial charge < -0.3 is 10.6 Å². The molecule has 0 radical (unpaired) electrons. The lowest BCUT2D eigenvalue weighted by Crippen LogP contribution is -2.26. The van der Waals surface area contributed by atoms with Crippen molar-refractivity contribution in [3.05, 3.63) is 24.0 Å². The molecule has 1 fully saturated rings. The first-order valence-corrected chi connectivity index (χ1v) is 5.80. The van der Waals surface area contributed by atoms with Crippen LogP contribution in [0, 0.1) is 0 Å². The van der Waals surface area contributed by atoms with E-state index in [-0.39, 0.29) is 5.91 Å². The Kier molecular flexibility index (Phi) is 3.39. The van der Waals surface area contributed by atoms with Crippen LogP contribution in [0.25, 0.3) is 0 Å². The van der Waals surface area contributed by atoms with E-state index >= 15 is 0 Å². The molecule has 0 aromatic carbocycles. The Balaban J connectivity index is 2.07. The highest BCUT2D eigenvalue weighted by Crippen LogP contribution is 2.21. The molecular formula is C12H17N3O. The average Bonchev–Trinajstić information content (AvgIpc) is 3.10. The van der Waals surface area contributed by atoms with Crippen LogP contribution < -0.4 is 10.6 Å². The Bertz CT molecular complexity index is 374. The average molecular weight is 219 g/mol. The van der Waals surface area contributed by atoms with Gasteiger partial charge in [0.25, 0.3) is 5.91 Å². The van der Waals surface area contributed by atoms with Gasteiger partial charge in [0.05, 0.1) is 17.4 Å². The van der Waals surface area contributed by atoms with Gasteiger partial charge in [0, 0.05) is 18.8 Å². The lowest BCUT2D eigenvalue weighted by Gasteiger charge is -2.10. The van der Waals surface area contributed by atoms with Crippen molar-refractivity contribution in [1.29, 1.82) is 0 Å². The molecule has 4 nitrogen and oxygen atoms in total. The Morgan fingerprint density at radius 2 is 2.38 bits per heavy atom. The molecule has 0 spiro atoms. The number of aromatic nitrogens is 1. The molecule has 86 valence electrons. The van der Waals surface area contributed by atoms with Gasteiger partial charge in [0.15, 0.2) is 0 Å². The van der Waals surface area contributed by atoms with Crippen molar-refractivity contribution in [2.24, 2.45) is 0 Å². The summed E-state index contributed by atoms with van der Waals surface area (Å²) in [6, 6.07) is 2.15. The molecule has 0 atom stereocenters. The molecule has 4 heteroatoms. The second kappa shape index (κ2) is 4.96. The smallest absolute Gasteiger partial charge is 0.253 e. The predicted octanol–water partition coefficient (Wildman–Crippen LogP) is 1.80. The van der Waals surface area contributed by atoms with Crippen molar-refractivity contribution in [3.63, 3.8) is 0 Å². The van der Waals surface area contributed by atoms with E-state index in [0.717, 1.165) is 31.5 Å². The Morgan fingerprint density at radius 1 is 1.56 bits per heavy atom. The minimum absolute atomic E-state index is 0.00324. The van der Waals surface area contributed by atoms with Gasteiger partial charge in [-0.1, -0.05) is 6.92 Å². The van der Waals surface area contributed by atoms with Crippen LogP contribution in [0.2, 0.25) is 0 Å². The first kappa shape index (κ1) is 10.9. The van der Waals surface area contributed by atoms with Crippen molar-refractivity contribution >= 4 is 11.6 Å². The summed E-state index contributed by atoms with van der Waals surface area (Å²) < 4.78 is 0. The maximum Gasteiger partial charge on any atom is 0.253 e. The summed E-state index contributed by atoms with van der Waals surface area (Å²) in [4.78, 5) is 15.9. The monoisotopic (exact) mass is 219 g/mol. The van der Waals surface area contributed by atoms with Gasteiger partial charge >= 0.3 is 0 Å². The highest BCUT2D eigenvalue weighted by molar-refractivity contribution is 5.99. The van der Waals surface area contributed by atoms with Crippen LogP contribution in [0.15, 0.2) is 18.5 Å². The molecule has 1 aliphatic rings. The summed E-state index contributed by atoms with van der Waals surface area (Å²) in [7, 11) is 0. The number of rotatable bonds is 5. The molecule has 0 saturated heterocycles. The maximum absolute atomic E-state index is 11.9. The minimum atomic E-state index is 0.00324. The van der Waals surface area contributed by atoms with E-state index in [1.54, 1.807) is 18.5 Å². The third-order valence-corrected chi connectivity index (χ3v) is 2.54. The fraction of sp³-hybridized carbons (Fsp3) is 0.500. The number of pyridine rings is 1. The van der Waals surface area contributed by atoms with Gasteiger partial charge in [-0.25, -0.2) is 0 Å². The standard InChI is InChI=1S/C12H17N3O/c1-2-6-14-11-8-13-7-5-10(11)12(16)15-9-3-4-9/h5,7-9,14H,2-4,6H2,1H3,(H,15,16). The van der Waals surface area contributed by atoms with E-state index in [9.17, 15) is 4.79 Å². The molecule has 16 heavy (non-hydrogen) atoms. The molecule has 1 amide bonds. The van der Waals surface area contributed by atoms with Gasteiger partial charge in [-0.2, -0.15) is 0 Å². The topological polar surface area (TPSA) is 54.0 Å². The Hall–Kier alpha value is -1.58. The lowest BCUT2D eigenvalue weighted by atomic mass is 10.2. The highest BCUT2D eigenvalue weighted by atomic mass is 16.1. The third kappa shape index (κ3) is 2.72. The second-order valence-corrected chi connectivity index (χ2v) is 4.10. The van der Waals surface area contributed by atoms with Crippen LogP contribution in [0.5, 0.6) is 0 Å². The fourth-order valence-corrected chi connectivity index (χ4v) is 1.48. The van der Waals surface area contributed by atoms with Crippen LogP contribution in [-0.2, 0) is 0 Å². The van der Waals surface area contributed by atoms with Crippen LogP contribution in [0.4, 0.5) is 5.69 Å². The van der Waals surface area contributed by atoms with Crippen molar-refractivity contribution < 1.29 is 4.79 Å². The molecule has 0 bridgehead atoms. The molecule has 2 rings (SSSR count). The number of anilines is 1. The normalized spacial score (nSPS) is 14.6. The molecule has 0 unspecified atom stereocenters. The quantitative estimate of drug-likeness (QED) is 0.794. The first-order chi connectivity index (χ1) is 7.81. The lowest BCUT2D eigenvalue weighted by molar-refractivity contribution is 0.0952. The third-order valence-electron chi connectivity index (χ3n) is 2.54. The van der Waals surface area contributed by atoms with Crippen molar-refractivity contribution in [1.82, 2.24) is 10.3 Å². The van der Waals surface area contributed by atoms with Crippen LogP contribution in [-0.4, -0.2) is 23.5 Å². The number of nitrogens with zero attached hydrogens (tertiary/aromatic N) is 1. The molecule has 1 aliphatic carbocycles. The summed E-state index contributed by atoms with van der Waals surface area (Å²) >= 11 is 0. The number of carbonyl (C=O) groups excluding carboxylic acids is 1. The fourth-order valence-electron chi connectivity index (χ4n) is 1.48. The van der Waals surface area contributed by atoms with Gasteiger partial charge in [0.2, 0.25) is 0 Å². The van der Waals surface area contributed by atoms with Crippen molar-refractivity contribution in [3.8, 4) is 0 Å². The predicted molar refractivity (Wildman–Crippen MR) is 63.5 cm³/mol. The molecule has 1 saturated carbocycles. The van der Waals surface area contributed by atoms with E-state index in [2.05, 4.69) is 22.5 Å². The molecule has 1 aromatic heterocycles. The van der Waals surface area contributed by atoms with E-state index in [1.807, 2.05) is 0 Å². The summed E-state index contributed by atoms with van der Waals surface area (Å²) in [6.45, 7) is 2.95. The molecule has 1 heterocycles. The molecule has 2 N–H and O–H groups in total. The minimum Gasteiger partial charge on any atom is -0.383 e. The highest BCUT2D eigenvalue weighted by Gasteiger charge is 2.24. The van der Waals surface area contributed by atoms with Crippen molar-refractivity contribution in [2.75, 3.05) is 11.9 Å². The number of carbonyl (C=O) groups is 1. The van der Waals surface area contributed by atoms with Crippen LogP contribution >= 0.6 is 0 Å². The van der Waals surface area contributed by atoms with Crippen LogP contribution in [0.1, 0.15) is 36.5 Å². The zero-order valence-electron chi connectivity index (χ0n) is 9.49. The number of amides is 1. The summed E-state index contributed by atoms with van der Waals surface area (Å²) in [5.41, 5.74) is 1.51. The van der Waals surface area contributed by atoms with Gasteiger partial charge in [-0.15, -0.1) is 0 Å². The molecule has 0 aliphatic heterocycles. The van der Waals surface area contributed by atoms with Crippen LogP contribution in [0.3, 0.4) is 0 Å². The van der Waals surface area contributed by atoms with Gasteiger partial charge in [-0.3, -0.25) is 9.78 Å². The summed E-state index contributed by atoms with van der Waals surface area (Å²) in [6.07, 6.45) is 6.60. The summed E-state index contributed by atoms with van der Waals surface area (Å²) in [5.74, 6) is 0.00324. The van der Waals surface area contributed by atoms with Crippen molar-refractivity contribution in [2.45, 2.75) is 32.2 Å². The number of hydrogen-bond donors (Lipinski definition) is 2. The van der Waals surface area contributed by atoms with E-state index < -0.39 is 0 Å². The van der Waals surface area contributed by atoms with Gasteiger partial charge in [0.1, 0.15) is 0 Å². The zero-order chi connectivity index (χ0) is 11.4. The number of hydrogen-bond acceptors (Lipinski definition) is 3. The molecular weight excluding hydrogens is 202 g/mol. The Labute approximate surface area is 95.5 Å². The summed E-state index contributed by atoms with van der Waals surface area (Å²) in [5, 5.41) is 6.19. The Morgan fingerprint density at radius 3 is 3.06 bits per heavy atom. The van der Waals surface area contributed by atoms with Gasteiger partial charge in [-0.05, 0) is 25.3 Å². The maximum atomic E-state index is 11.9. The zero-order valence-corrected chi connectivity index (χ0v) is 9.49. The van der Waals surface area contributed by atoms with E-state index in [1.165, 1.54) is 0 Å². The van der Waals surface area contributed by atoms with E-state index in [0.29, 0.717) is 11.6 Å². The second-order valence-electron chi connectivity index (χ2n) is 4.10. The first-order valence-electron chi connectivity index (χ1n) is 5.80. The van der Waals surface area contributed by atoms with E-state index in [4.69, 9.17) is 0 Å².